The quantitative estimate of drug-likeness (QED) is 0.0416. The highest BCUT2D eigenvalue weighted by Gasteiger charge is 2.16. The molecule has 1 atom stereocenters. The summed E-state index contributed by atoms with van der Waals surface area (Å²) in [6.07, 6.45) is 43.8. The zero-order valence-corrected chi connectivity index (χ0v) is 30.6. The number of rotatable bonds is 36. The normalized spacial score (nSPS) is 12.3. The maximum atomic E-state index is 12.2. The third-order valence-corrected chi connectivity index (χ3v) is 8.75. The molecule has 0 aliphatic rings. The fourth-order valence-electron chi connectivity index (χ4n) is 5.70. The smallest absolute Gasteiger partial charge is 0.306 e. The van der Waals surface area contributed by atoms with E-state index < -0.39 is 6.10 Å². The van der Waals surface area contributed by atoms with Crippen LogP contribution in [-0.2, 0) is 19.1 Å². The second kappa shape index (κ2) is 37.8. The number of hydrogen-bond acceptors (Lipinski definition) is 5. The Bertz CT molecular complexity index is 701. The summed E-state index contributed by atoms with van der Waals surface area (Å²) in [5.41, 5.74) is 0. The van der Waals surface area contributed by atoms with Crippen LogP contribution in [0.2, 0.25) is 0 Å². The van der Waals surface area contributed by atoms with Gasteiger partial charge in [0.15, 0.2) is 6.10 Å². The minimum Gasteiger partial charge on any atom is -0.462 e. The lowest BCUT2D eigenvalue weighted by Crippen LogP contribution is -2.28. The summed E-state index contributed by atoms with van der Waals surface area (Å²) in [5, 5.41) is 9.55. The molecule has 46 heavy (non-hydrogen) atoms. The first-order chi connectivity index (χ1) is 22.6. The average Bonchev–Trinajstić information content (AvgIpc) is 3.06. The van der Waals surface area contributed by atoms with Crippen molar-refractivity contribution in [2.45, 2.75) is 213 Å². The van der Waals surface area contributed by atoms with Crippen LogP contribution in [0.4, 0.5) is 0 Å². The van der Waals surface area contributed by atoms with Gasteiger partial charge in [-0.1, -0.05) is 173 Å². The van der Waals surface area contributed by atoms with E-state index in [2.05, 4.69) is 38.2 Å². The standard InChI is InChI=1S/C41H76O5/c1-3-5-7-9-11-13-15-17-19-21-23-25-27-29-31-33-35-40(43)45-38-39(37-42)46-41(44)36-34-32-30-28-26-24-22-20-18-16-14-12-10-8-6-4-2/h14,16,20,22,39,42H,3-13,15,17-19,21,23-38H2,1-2H3/b16-14-,22-20-. The van der Waals surface area contributed by atoms with Crippen LogP contribution in [0.1, 0.15) is 206 Å². The van der Waals surface area contributed by atoms with Crippen molar-refractivity contribution in [1.82, 2.24) is 0 Å². The van der Waals surface area contributed by atoms with Crippen LogP contribution >= 0.6 is 0 Å². The van der Waals surface area contributed by atoms with Crippen molar-refractivity contribution in [2.75, 3.05) is 13.2 Å². The maximum absolute atomic E-state index is 12.2. The van der Waals surface area contributed by atoms with E-state index in [4.69, 9.17) is 9.47 Å². The molecule has 0 heterocycles. The Kier molecular flexibility index (Phi) is 36.5. The fraction of sp³-hybridized carbons (Fsp3) is 0.854. The molecule has 270 valence electrons. The van der Waals surface area contributed by atoms with Crippen molar-refractivity contribution in [3.05, 3.63) is 24.3 Å². The van der Waals surface area contributed by atoms with Crippen LogP contribution in [0.5, 0.6) is 0 Å². The van der Waals surface area contributed by atoms with E-state index in [0.29, 0.717) is 12.8 Å². The van der Waals surface area contributed by atoms with E-state index >= 15 is 0 Å². The number of carbonyl (C=O) groups excluding carboxylic acids is 2. The molecule has 1 unspecified atom stereocenters. The third kappa shape index (κ3) is 35.2. The van der Waals surface area contributed by atoms with Gasteiger partial charge in [0, 0.05) is 12.8 Å². The van der Waals surface area contributed by atoms with Gasteiger partial charge in [0.05, 0.1) is 6.61 Å². The number of allylic oxidation sites excluding steroid dienone is 4. The number of hydrogen-bond donors (Lipinski definition) is 1. The number of aliphatic hydroxyl groups is 1. The summed E-state index contributed by atoms with van der Waals surface area (Å²) >= 11 is 0. The SMILES string of the molecule is CCCCCC/C=C\C/C=C\CCCCCCCC(=O)OC(CO)COC(=O)CCCCCCCCCCCCCCCCCC. The summed E-state index contributed by atoms with van der Waals surface area (Å²) in [4.78, 5) is 24.2. The molecule has 0 rings (SSSR count). The zero-order chi connectivity index (χ0) is 33.6. The Balaban J connectivity index is 3.55. The molecule has 0 spiro atoms. The predicted octanol–water partition coefficient (Wildman–Crippen LogP) is 12.3. The van der Waals surface area contributed by atoms with E-state index in [1.165, 1.54) is 128 Å². The minimum atomic E-state index is -0.773. The molecule has 0 aliphatic carbocycles. The summed E-state index contributed by atoms with van der Waals surface area (Å²) < 4.78 is 10.6. The topological polar surface area (TPSA) is 72.8 Å². The van der Waals surface area contributed by atoms with Crippen molar-refractivity contribution in [1.29, 1.82) is 0 Å². The molecule has 1 N–H and O–H groups in total. The van der Waals surface area contributed by atoms with Gasteiger partial charge in [0.1, 0.15) is 6.61 Å². The Labute approximate surface area is 285 Å². The van der Waals surface area contributed by atoms with Gasteiger partial charge in [-0.05, 0) is 44.9 Å². The van der Waals surface area contributed by atoms with Crippen molar-refractivity contribution in [3.8, 4) is 0 Å². The fourth-order valence-corrected chi connectivity index (χ4v) is 5.70. The van der Waals surface area contributed by atoms with Crippen LogP contribution in [-0.4, -0.2) is 36.4 Å². The summed E-state index contributed by atoms with van der Waals surface area (Å²) in [7, 11) is 0. The van der Waals surface area contributed by atoms with Crippen LogP contribution in [0.3, 0.4) is 0 Å². The molecule has 0 amide bonds. The number of ether oxygens (including phenoxy) is 2. The van der Waals surface area contributed by atoms with Gasteiger partial charge in [0.25, 0.3) is 0 Å². The molecule has 0 radical (unpaired) electrons. The van der Waals surface area contributed by atoms with Gasteiger partial charge in [-0.15, -0.1) is 0 Å². The molecule has 0 aromatic rings. The Morgan fingerprint density at radius 1 is 0.500 bits per heavy atom. The average molecular weight is 649 g/mol. The van der Waals surface area contributed by atoms with Crippen molar-refractivity contribution in [3.63, 3.8) is 0 Å². The summed E-state index contributed by atoms with van der Waals surface area (Å²) in [6.45, 7) is 4.12. The molecule has 0 aromatic carbocycles. The lowest BCUT2D eigenvalue weighted by Gasteiger charge is -2.15. The highest BCUT2D eigenvalue weighted by Crippen LogP contribution is 2.15. The van der Waals surface area contributed by atoms with Gasteiger partial charge in [-0.3, -0.25) is 9.59 Å². The molecule has 0 fully saturated rings. The van der Waals surface area contributed by atoms with Crippen LogP contribution < -0.4 is 0 Å². The number of unbranched alkanes of at least 4 members (excludes halogenated alkanes) is 24. The van der Waals surface area contributed by atoms with Gasteiger partial charge < -0.3 is 14.6 Å². The van der Waals surface area contributed by atoms with Crippen LogP contribution in [0.25, 0.3) is 0 Å². The molecule has 5 nitrogen and oxygen atoms in total. The largest absolute Gasteiger partial charge is 0.462 e. The van der Waals surface area contributed by atoms with E-state index in [0.717, 1.165) is 51.4 Å². The van der Waals surface area contributed by atoms with Crippen molar-refractivity contribution < 1.29 is 24.2 Å². The first-order valence-electron chi connectivity index (χ1n) is 19.9. The monoisotopic (exact) mass is 649 g/mol. The first-order valence-corrected chi connectivity index (χ1v) is 19.9. The van der Waals surface area contributed by atoms with E-state index in [-0.39, 0.29) is 25.2 Å². The molecular weight excluding hydrogens is 572 g/mol. The molecule has 5 heteroatoms. The first kappa shape index (κ1) is 44.4. The molecule has 0 saturated heterocycles. The van der Waals surface area contributed by atoms with Gasteiger partial charge >= 0.3 is 11.9 Å². The second-order valence-electron chi connectivity index (χ2n) is 13.4. The van der Waals surface area contributed by atoms with E-state index in [1.807, 2.05) is 0 Å². The Morgan fingerprint density at radius 3 is 1.30 bits per heavy atom. The minimum absolute atomic E-state index is 0.0673. The highest BCUT2D eigenvalue weighted by molar-refractivity contribution is 5.70. The van der Waals surface area contributed by atoms with E-state index in [1.54, 1.807) is 0 Å². The molecule has 0 saturated carbocycles. The molecular formula is C41H76O5. The van der Waals surface area contributed by atoms with Crippen LogP contribution in [0, 0.1) is 0 Å². The Morgan fingerprint density at radius 2 is 0.870 bits per heavy atom. The molecule has 0 bridgehead atoms. The predicted molar refractivity (Wildman–Crippen MR) is 196 cm³/mol. The van der Waals surface area contributed by atoms with E-state index in [9.17, 15) is 14.7 Å². The molecule has 0 aromatic heterocycles. The van der Waals surface area contributed by atoms with Gasteiger partial charge in [0.2, 0.25) is 0 Å². The van der Waals surface area contributed by atoms with Gasteiger partial charge in [-0.25, -0.2) is 0 Å². The summed E-state index contributed by atoms with van der Waals surface area (Å²) in [6, 6.07) is 0. The number of esters is 2. The number of carbonyl (C=O) groups is 2. The second-order valence-corrected chi connectivity index (χ2v) is 13.4. The maximum Gasteiger partial charge on any atom is 0.306 e. The van der Waals surface area contributed by atoms with Crippen molar-refractivity contribution >= 4 is 11.9 Å². The Hall–Kier alpha value is -1.62. The van der Waals surface area contributed by atoms with Gasteiger partial charge in [-0.2, -0.15) is 0 Å². The third-order valence-electron chi connectivity index (χ3n) is 8.75. The highest BCUT2D eigenvalue weighted by atomic mass is 16.6. The number of aliphatic hydroxyl groups excluding tert-OH is 1. The van der Waals surface area contributed by atoms with Crippen molar-refractivity contribution in [2.24, 2.45) is 0 Å². The molecule has 0 aliphatic heterocycles. The lowest BCUT2D eigenvalue weighted by molar-refractivity contribution is -0.161. The zero-order valence-electron chi connectivity index (χ0n) is 30.6. The lowest BCUT2D eigenvalue weighted by atomic mass is 10.0. The van der Waals surface area contributed by atoms with Crippen LogP contribution in [0.15, 0.2) is 24.3 Å². The summed E-state index contributed by atoms with van der Waals surface area (Å²) in [5.74, 6) is -0.599.